The third-order valence-electron chi connectivity index (χ3n) is 5.71. The summed E-state index contributed by atoms with van der Waals surface area (Å²) in [6, 6.07) is 8.57. The van der Waals surface area contributed by atoms with Crippen LogP contribution in [0, 0.1) is 11.3 Å². The molecule has 2 saturated carbocycles. The van der Waals surface area contributed by atoms with E-state index in [9.17, 15) is 9.59 Å². The van der Waals surface area contributed by atoms with Gasteiger partial charge in [0.2, 0.25) is 5.91 Å². The van der Waals surface area contributed by atoms with Gasteiger partial charge in [0, 0.05) is 17.1 Å². The van der Waals surface area contributed by atoms with Crippen molar-refractivity contribution >= 4 is 22.6 Å². The molecule has 0 aliphatic heterocycles. The highest BCUT2D eigenvalue weighted by Gasteiger charge is 2.49. The maximum Gasteiger partial charge on any atom is 0.336 e. The van der Waals surface area contributed by atoms with Crippen LogP contribution in [0.25, 0.3) is 11.0 Å². The molecule has 1 amide bonds. The molecule has 0 spiro atoms. The van der Waals surface area contributed by atoms with E-state index >= 15 is 0 Å². The van der Waals surface area contributed by atoms with Crippen molar-refractivity contribution in [3.05, 3.63) is 40.8 Å². The van der Waals surface area contributed by atoms with E-state index in [1.807, 2.05) is 12.1 Å². The van der Waals surface area contributed by atoms with Gasteiger partial charge in [-0.25, -0.2) is 4.79 Å². The van der Waals surface area contributed by atoms with Crippen molar-refractivity contribution in [3.8, 4) is 0 Å². The number of amides is 1. The fraction of sp³-hybridized carbons (Fsp3) is 0.474. The van der Waals surface area contributed by atoms with E-state index in [0.29, 0.717) is 11.5 Å². The van der Waals surface area contributed by atoms with Gasteiger partial charge in [0.15, 0.2) is 0 Å². The molecular weight excluding hydrogens is 290 g/mol. The number of benzene rings is 1. The van der Waals surface area contributed by atoms with E-state index in [2.05, 4.69) is 5.32 Å². The summed E-state index contributed by atoms with van der Waals surface area (Å²) < 4.78 is 5.14. The molecule has 0 bridgehead atoms. The third-order valence-corrected chi connectivity index (χ3v) is 5.71. The Kier molecular flexibility index (Phi) is 3.47. The summed E-state index contributed by atoms with van der Waals surface area (Å²) in [6.07, 6.45) is 8.00. The summed E-state index contributed by atoms with van der Waals surface area (Å²) in [7, 11) is 0. The van der Waals surface area contributed by atoms with Crippen LogP contribution in [-0.4, -0.2) is 5.91 Å². The van der Waals surface area contributed by atoms with Gasteiger partial charge in [-0.2, -0.15) is 0 Å². The zero-order valence-electron chi connectivity index (χ0n) is 13.1. The number of hydrogen-bond donors (Lipinski definition) is 1. The monoisotopic (exact) mass is 311 g/mol. The van der Waals surface area contributed by atoms with E-state index in [1.54, 1.807) is 12.1 Å². The Bertz CT molecular complexity index is 798. The predicted octanol–water partition coefficient (Wildman–Crippen LogP) is 4.09. The minimum atomic E-state index is -0.357. The second-order valence-electron chi connectivity index (χ2n) is 6.95. The highest BCUT2D eigenvalue weighted by Crippen LogP contribution is 2.52. The lowest BCUT2D eigenvalue weighted by Gasteiger charge is -2.41. The lowest BCUT2D eigenvalue weighted by atomic mass is 9.63. The van der Waals surface area contributed by atoms with Crippen LogP contribution in [0.4, 0.5) is 5.69 Å². The molecule has 1 aromatic heterocycles. The summed E-state index contributed by atoms with van der Waals surface area (Å²) in [5.74, 6) is 0.736. The van der Waals surface area contributed by atoms with Crippen LogP contribution in [0.1, 0.15) is 44.9 Å². The van der Waals surface area contributed by atoms with E-state index in [1.165, 1.54) is 25.3 Å². The molecule has 1 aromatic carbocycles. The van der Waals surface area contributed by atoms with Gasteiger partial charge in [0.05, 0.1) is 5.41 Å². The van der Waals surface area contributed by atoms with E-state index in [4.69, 9.17) is 4.42 Å². The Hall–Kier alpha value is -2.10. The average Bonchev–Trinajstić information content (AvgIpc) is 2.96. The van der Waals surface area contributed by atoms with E-state index in [-0.39, 0.29) is 16.9 Å². The molecule has 2 aliphatic carbocycles. The zero-order chi connectivity index (χ0) is 15.9. The van der Waals surface area contributed by atoms with Crippen molar-refractivity contribution in [3.63, 3.8) is 0 Å². The minimum Gasteiger partial charge on any atom is -0.423 e. The Morgan fingerprint density at radius 3 is 2.57 bits per heavy atom. The number of fused-ring (bicyclic) bond motifs is 1. The maximum absolute atomic E-state index is 13.0. The zero-order valence-corrected chi connectivity index (χ0v) is 13.1. The standard InChI is InChI=1S/C19H21NO3/c21-17-9-6-13-12-15(7-8-16(13)23-17)20-18(22)19(10-1-2-11-19)14-4-3-5-14/h6-9,12,14H,1-5,10-11H2,(H,20,22). The summed E-state index contributed by atoms with van der Waals surface area (Å²) >= 11 is 0. The number of rotatable bonds is 3. The molecule has 0 saturated heterocycles. The summed E-state index contributed by atoms with van der Waals surface area (Å²) in [6.45, 7) is 0. The lowest BCUT2D eigenvalue weighted by Crippen LogP contribution is -2.43. The second-order valence-corrected chi connectivity index (χ2v) is 6.95. The number of carbonyl (C=O) groups excluding carboxylic acids is 1. The van der Waals surface area contributed by atoms with Gasteiger partial charge in [0.25, 0.3) is 0 Å². The van der Waals surface area contributed by atoms with Gasteiger partial charge in [-0.3, -0.25) is 4.79 Å². The fourth-order valence-corrected chi connectivity index (χ4v) is 4.19. The van der Waals surface area contributed by atoms with Crippen LogP contribution in [0.3, 0.4) is 0 Å². The van der Waals surface area contributed by atoms with Crippen molar-refractivity contribution in [2.45, 2.75) is 44.9 Å². The van der Waals surface area contributed by atoms with E-state index < -0.39 is 0 Å². The highest BCUT2D eigenvalue weighted by molar-refractivity contribution is 5.97. The number of carbonyl (C=O) groups is 1. The van der Waals surface area contributed by atoms with Gasteiger partial charge in [-0.05, 0) is 55.9 Å². The lowest BCUT2D eigenvalue weighted by molar-refractivity contribution is -0.130. The van der Waals surface area contributed by atoms with Crippen molar-refractivity contribution in [2.75, 3.05) is 5.32 Å². The smallest absolute Gasteiger partial charge is 0.336 e. The normalized spacial score (nSPS) is 20.3. The van der Waals surface area contributed by atoms with Crippen molar-refractivity contribution < 1.29 is 9.21 Å². The Labute approximate surface area is 134 Å². The van der Waals surface area contributed by atoms with Crippen molar-refractivity contribution in [1.82, 2.24) is 0 Å². The molecule has 4 heteroatoms. The molecule has 2 aromatic rings. The molecule has 4 nitrogen and oxygen atoms in total. The van der Waals surface area contributed by atoms with Crippen LogP contribution < -0.4 is 10.9 Å². The van der Waals surface area contributed by atoms with Crippen molar-refractivity contribution in [1.29, 1.82) is 0 Å². The molecule has 4 rings (SSSR count). The SMILES string of the molecule is O=C(Nc1ccc2oc(=O)ccc2c1)C1(C2CCC2)CCCC1. The van der Waals surface area contributed by atoms with Crippen LogP contribution in [0.2, 0.25) is 0 Å². The summed E-state index contributed by atoms with van der Waals surface area (Å²) in [5.41, 5.74) is 0.812. The number of hydrogen-bond acceptors (Lipinski definition) is 3. The largest absolute Gasteiger partial charge is 0.423 e. The highest BCUT2D eigenvalue weighted by atomic mass is 16.4. The van der Waals surface area contributed by atoms with Gasteiger partial charge < -0.3 is 9.73 Å². The van der Waals surface area contributed by atoms with Crippen LogP contribution in [0.5, 0.6) is 0 Å². The first kappa shape index (κ1) is 14.5. The first-order valence-electron chi connectivity index (χ1n) is 8.53. The molecule has 120 valence electrons. The molecular formula is C19H21NO3. The van der Waals surface area contributed by atoms with Gasteiger partial charge in [-0.1, -0.05) is 19.3 Å². The maximum atomic E-state index is 13.0. The number of nitrogens with one attached hydrogen (secondary N) is 1. The quantitative estimate of drug-likeness (QED) is 0.868. The first-order valence-corrected chi connectivity index (χ1v) is 8.53. The molecule has 1 N–H and O–H groups in total. The molecule has 0 radical (unpaired) electrons. The summed E-state index contributed by atoms with van der Waals surface area (Å²) in [4.78, 5) is 24.2. The third kappa shape index (κ3) is 2.46. The Morgan fingerprint density at radius 2 is 1.87 bits per heavy atom. The first-order chi connectivity index (χ1) is 11.2. The molecule has 2 fully saturated rings. The Balaban J connectivity index is 1.60. The summed E-state index contributed by atoms with van der Waals surface area (Å²) in [5, 5.41) is 3.95. The molecule has 0 unspecified atom stereocenters. The fourth-order valence-electron chi connectivity index (χ4n) is 4.19. The molecule has 23 heavy (non-hydrogen) atoms. The van der Waals surface area contributed by atoms with Crippen molar-refractivity contribution in [2.24, 2.45) is 11.3 Å². The minimum absolute atomic E-state index is 0.156. The second kappa shape index (κ2) is 5.52. The molecule has 0 atom stereocenters. The van der Waals surface area contributed by atoms with Gasteiger partial charge in [0.1, 0.15) is 5.58 Å². The van der Waals surface area contributed by atoms with Crippen LogP contribution in [-0.2, 0) is 4.79 Å². The Morgan fingerprint density at radius 1 is 1.09 bits per heavy atom. The van der Waals surface area contributed by atoms with Gasteiger partial charge >= 0.3 is 5.63 Å². The molecule has 1 heterocycles. The van der Waals surface area contributed by atoms with E-state index in [0.717, 1.165) is 36.8 Å². The van der Waals surface area contributed by atoms with Crippen LogP contribution >= 0.6 is 0 Å². The average molecular weight is 311 g/mol. The predicted molar refractivity (Wildman–Crippen MR) is 89.4 cm³/mol. The van der Waals surface area contributed by atoms with Crippen LogP contribution in [0.15, 0.2) is 39.5 Å². The molecule has 2 aliphatic rings. The van der Waals surface area contributed by atoms with Gasteiger partial charge in [-0.15, -0.1) is 0 Å². The number of anilines is 1. The topological polar surface area (TPSA) is 59.3 Å².